The highest BCUT2D eigenvalue weighted by Gasteiger charge is 2.53. The predicted octanol–water partition coefficient (Wildman–Crippen LogP) is -1.10. The number of fused-ring (bicyclic) bond motifs is 1. The molecule has 28 heavy (non-hydrogen) atoms. The molecule has 0 radical (unpaired) electrons. The number of carbonyl (C=O) groups is 4. The van der Waals surface area contributed by atoms with Gasteiger partial charge >= 0.3 is 11.9 Å². The van der Waals surface area contributed by atoms with Crippen molar-refractivity contribution in [1.82, 2.24) is 15.2 Å². The molecule has 0 bridgehead atoms. The second kappa shape index (κ2) is 7.85. The molecule has 5 N–H and O–H groups in total. The summed E-state index contributed by atoms with van der Waals surface area (Å²) in [7, 11) is 0. The van der Waals surface area contributed by atoms with Crippen molar-refractivity contribution in [3.8, 4) is 0 Å². The number of β-lactam (4-membered cyclic amide) rings is 1. The molecule has 1 aromatic rings. The van der Waals surface area contributed by atoms with Crippen LogP contribution in [0.3, 0.4) is 0 Å². The summed E-state index contributed by atoms with van der Waals surface area (Å²) in [6.45, 7) is -0.780. The van der Waals surface area contributed by atoms with Crippen molar-refractivity contribution in [3.05, 3.63) is 22.8 Å². The highest BCUT2D eigenvalue weighted by Crippen LogP contribution is 2.37. The van der Waals surface area contributed by atoms with Gasteiger partial charge in [-0.15, -0.1) is 23.1 Å². The first-order chi connectivity index (χ1) is 13.3. The molecule has 0 saturated carbocycles. The Balaban J connectivity index is 1.76. The van der Waals surface area contributed by atoms with Gasteiger partial charge in [-0.2, -0.15) is 0 Å². The molecule has 148 valence electrons. The van der Waals surface area contributed by atoms with Crippen molar-refractivity contribution in [2.45, 2.75) is 11.4 Å². The molecular weight excluding hydrogens is 414 g/mol. The molecule has 0 aliphatic carbocycles. The normalized spacial score (nSPS) is 21.3. The quantitative estimate of drug-likeness (QED) is 0.236. The summed E-state index contributed by atoms with van der Waals surface area (Å²) in [5, 5.41) is 24.8. The topological polar surface area (TPSA) is 185 Å². The number of carboxylic acids is 2. The van der Waals surface area contributed by atoms with E-state index in [1.807, 2.05) is 0 Å². The second-order valence-electron chi connectivity index (χ2n) is 5.46. The van der Waals surface area contributed by atoms with Crippen molar-refractivity contribution in [1.29, 1.82) is 0 Å². The molecule has 0 unspecified atom stereocenters. The number of rotatable bonds is 7. The minimum atomic E-state index is -1.29. The van der Waals surface area contributed by atoms with Gasteiger partial charge in [-0.3, -0.25) is 14.5 Å². The van der Waals surface area contributed by atoms with E-state index in [0.29, 0.717) is 5.75 Å². The van der Waals surface area contributed by atoms with Gasteiger partial charge in [0.1, 0.15) is 22.8 Å². The lowest BCUT2D eigenvalue weighted by molar-refractivity contribution is -0.150. The van der Waals surface area contributed by atoms with E-state index in [1.165, 1.54) is 23.2 Å². The lowest BCUT2D eigenvalue weighted by Gasteiger charge is -2.48. The maximum atomic E-state index is 12.6. The van der Waals surface area contributed by atoms with Gasteiger partial charge in [0.25, 0.3) is 11.8 Å². The maximum Gasteiger partial charge on any atom is 0.352 e. The van der Waals surface area contributed by atoms with Gasteiger partial charge in [0.15, 0.2) is 10.8 Å². The van der Waals surface area contributed by atoms with Crippen LogP contribution in [-0.4, -0.2) is 73.3 Å². The van der Waals surface area contributed by atoms with Gasteiger partial charge in [-0.1, -0.05) is 5.16 Å². The number of oxime groups is 1. The van der Waals surface area contributed by atoms with Crippen LogP contribution in [0.25, 0.3) is 0 Å². The summed E-state index contributed by atoms with van der Waals surface area (Å²) in [5.74, 6) is -3.57. The molecule has 1 aromatic heterocycles. The molecule has 3 heterocycles. The summed E-state index contributed by atoms with van der Waals surface area (Å²) >= 11 is 2.32. The summed E-state index contributed by atoms with van der Waals surface area (Å²) in [6.07, 6.45) is 1.42. The smallest absolute Gasteiger partial charge is 0.352 e. The first-order valence-corrected chi connectivity index (χ1v) is 9.54. The van der Waals surface area contributed by atoms with E-state index >= 15 is 0 Å². The van der Waals surface area contributed by atoms with Gasteiger partial charge < -0.3 is 26.1 Å². The third kappa shape index (κ3) is 3.77. The zero-order chi connectivity index (χ0) is 20.4. The average molecular weight is 427 g/mol. The predicted molar refractivity (Wildman–Crippen MR) is 97.4 cm³/mol. The molecule has 2 amide bonds. The van der Waals surface area contributed by atoms with E-state index in [-0.39, 0.29) is 22.2 Å². The van der Waals surface area contributed by atoms with E-state index in [4.69, 9.17) is 15.9 Å². The highest BCUT2D eigenvalue weighted by molar-refractivity contribution is 8.00. The van der Waals surface area contributed by atoms with E-state index in [9.17, 15) is 19.2 Å². The number of nitrogens with zero attached hydrogens (tertiary/aromatic N) is 3. The van der Waals surface area contributed by atoms with Crippen LogP contribution >= 0.6 is 23.1 Å². The highest BCUT2D eigenvalue weighted by atomic mass is 32.2. The van der Waals surface area contributed by atoms with E-state index in [2.05, 4.69) is 20.3 Å². The Morgan fingerprint density at radius 2 is 2.18 bits per heavy atom. The summed E-state index contributed by atoms with van der Waals surface area (Å²) in [5.41, 5.74) is 5.11. The van der Waals surface area contributed by atoms with Gasteiger partial charge in [0, 0.05) is 11.1 Å². The lowest BCUT2D eigenvalue weighted by Crippen LogP contribution is -2.70. The van der Waals surface area contributed by atoms with Gasteiger partial charge in [0.2, 0.25) is 6.61 Å². The Kier molecular flexibility index (Phi) is 5.51. The molecule has 2 atom stereocenters. The zero-order valence-corrected chi connectivity index (χ0v) is 15.5. The van der Waals surface area contributed by atoms with Crippen LogP contribution < -0.4 is 11.1 Å². The van der Waals surface area contributed by atoms with E-state index < -0.39 is 41.8 Å². The Labute approximate surface area is 165 Å². The Hall–Kier alpha value is -3.13. The SMILES string of the molecule is Nc1nc(/C(=N/OCC(=O)O)C(=O)N[C@@H]2C(=O)N3C(C(=O)O)=CCS[C@H]23)cs1. The Bertz CT molecular complexity index is 912. The summed E-state index contributed by atoms with van der Waals surface area (Å²) in [6, 6.07) is -0.971. The number of carboxylic acid groups (broad SMARTS) is 2. The Morgan fingerprint density at radius 1 is 1.43 bits per heavy atom. The van der Waals surface area contributed by atoms with Crippen molar-refractivity contribution in [3.63, 3.8) is 0 Å². The number of carbonyl (C=O) groups excluding carboxylic acids is 2. The number of thioether (sulfide) groups is 1. The van der Waals surface area contributed by atoms with Crippen LogP contribution in [0, 0.1) is 0 Å². The fourth-order valence-corrected chi connectivity index (χ4v) is 4.24. The van der Waals surface area contributed by atoms with Crippen molar-refractivity contribution >= 4 is 57.7 Å². The van der Waals surface area contributed by atoms with Gasteiger partial charge in [-0.25, -0.2) is 14.6 Å². The minimum absolute atomic E-state index is 0.0523. The van der Waals surface area contributed by atoms with Crippen LogP contribution in [0.2, 0.25) is 0 Å². The zero-order valence-electron chi connectivity index (χ0n) is 13.9. The third-order valence-corrected chi connectivity index (χ3v) is 5.53. The summed E-state index contributed by atoms with van der Waals surface area (Å²) in [4.78, 5) is 56.4. The molecule has 1 saturated heterocycles. The number of nitrogen functional groups attached to an aromatic ring is 1. The number of thiazole rings is 1. The van der Waals surface area contributed by atoms with Crippen molar-refractivity contribution in [2.24, 2.45) is 5.16 Å². The second-order valence-corrected chi connectivity index (χ2v) is 7.50. The molecule has 2 aliphatic heterocycles. The fraction of sp³-hybridized carbons (Fsp3) is 0.286. The van der Waals surface area contributed by atoms with Crippen LogP contribution in [-0.2, 0) is 24.0 Å². The van der Waals surface area contributed by atoms with E-state index in [1.54, 1.807) is 0 Å². The molecule has 3 rings (SSSR count). The largest absolute Gasteiger partial charge is 0.479 e. The molecule has 0 aromatic carbocycles. The lowest BCUT2D eigenvalue weighted by atomic mass is 10.0. The number of anilines is 1. The first kappa shape index (κ1) is 19.6. The number of nitrogens with one attached hydrogen (secondary N) is 1. The third-order valence-electron chi connectivity index (χ3n) is 3.68. The number of hydrogen-bond acceptors (Lipinski definition) is 10. The molecule has 0 spiro atoms. The fourth-order valence-electron chi connectivity index (χ4n) is 2.50. The standard InChI is InChI=1S/C14H13N5O7S2/c15-14-16-5(4-28-14)8(18-26-3-7(20)21)10(22)17-9-11(23)19-6(13(24)25)1-2-27-12(9)19/h1,4,9,12H,2-3H2,(H2,15,16)(H,17,22)(H,20,21)(H,24,25)/b18-8-/t9-,12-/m1/s1. The van der Waals surface area contributed by atoms with Crippen molar-refractivity contribution in [2.75, 3.05) is 18.1 Å². The maximum absolute atomic E-state index is 12.6. The monoisotopic (exact) mass is 427 g/mol. The van der Waals surface area contributed by atoms with Crippen LogP contribution in [0.5, 0.6) is 0 Å². The van der Waals surface area contributed by atoms with Gasteiger partial charge in [0.05, 0.1) is 0 Å². The molecule has 2 aliphatic rings. The van der Waals surface area contributed by atoms with Gasteiger partial charge in [-0.05, 0) is 6.08 Å². The Morgan fingerprint density at radius 3 is 2.79 bits per heavy atom. The average Bonchev–Trinajstić information content (AvgIpc) is 3.07. The minimum Gasteiger partial charge on any atom is -0.479 e. The van der Waals surface area contributed by atoms with Crippen LogP contribution in [0.4, 0.5) is 5.13 Å². The van der Waals surface area contributed by atoms with E-state index in [0.717, 1.165) is 16.2 Å². The number of amides is 2. The number of nitrogens with two attached hydrogens (primary N) is 1. The number of aromatic nitrogens is 1. The molecule has 14 heteroatoms. The van der Waals surface area contributed by atoms with Crippen molar-refractivity contribution < 1.29 is 34.2 Å². The molecular formula is C14H13N5O7S2. The summed E-state index contributed by atoms with van der Waals surface area (Å²) < 4.78 is 0. The van der Waals surface area contributed by atoms with Crippen LogP contribution in [0.15, 0.2) is 22.3 Å². The first-order valence-electron chi connectivity index (χ1n) is 7.61. The molecule has 1 fully saturated rings. The number of aliphatic carboxylic acids is 2. The molecule has 12 nitrogen and oxygen atoms in total. The number of hydrogen-bond donors (Lipinski definition) is 4. The van der Waals surface area contributed by atoms with Crippen LogP contribution in [0.1, 0.15) is 5.69 Å².